The molecule has 4 atom stereocenters. The molecule has 10 nitrogen and oxygen atoms in total. The highest BCUT2D eigenvalue weighted by Gasteiger charge is 2.45. The van der Waals surface area contributed by atoms with Crippen LogP contribution >= 0.6 is 0 Å². The van der Waals surface area contributed by atoms with Gasteiger partial charge in [-0.3, -0.25) is 9.78 Å². The molecule has 0 aliphatic carbocycles. The summed E-state index contributed by atoms with van der Waals surface area (Å²) >= 11 is 0. The number of aromatic nitrogens is 3. The molecule has 0 bridgehead atoms. The highest BCUT2D eigenvalue weighted by Crippen LogP contribution is 2.34. The predicted octanol–water partition coefficient (Wildman–Crippen LogP) is -1.56. The number of rotatable bonds is 3. The molecule has 122 valence electrons. The molecule has 23 heavy (non-hydrogen) atoms. The third kappa shape index (κ3) is 2.27. The number of fused-ring (bicyclic) bond motifs is 1. The molecule has 1 saturated heterocycles. The molecule has 1 aliphatic heterocycles. The number of H-pyrrole nitrogens is 1. The lowest BCUT2D eigenvalue weighted by Crippen LogP contribution is -2.34. The van der Waals surface area contributed by atoms with Gasteiger partial charge in [0.15, 0.2) is 11.9 Å². The van der Waals surface area contributed by atoms with Gasteiger partial charge in [0.25, 0.3) is 5.56 Å². The standard InChI is InChI=1S/C13H15N5O5/c1-22-9-8(20)6(4-19)23-12(9)18-3-5(2-14)7-10(18)16-13(15)17-11(7)21/h3,6,8-9,12,19-20H,4H2,1H3,(H3,15,16,17,21)/t6-,8-,9-,12?/m1/s1. The van der Waals surface area contributed by atoms with Crippen molar-refractivity contribution < 1.29 is 19.7 Å². The SMILES string of the molecule is CO[C@H]1C(n2cc(C#N)c3c(=O)[nH]c(N)nc32)O[C@H](CO)[C@H]1O. The number of nitrogens with one attached hydrogen (secondary N) is 1. The van der Waals surface area contributed by atoms with Crippen LogP contribution in [0.15, 0.2) is 11.0 Å². The summed E-state index contributed by atoms with van der Waals surface area (Å²) in [5.74, 6) is -0.113. The van der Waals surface area contributed by atoms with Crippen LogP contribution in [-0.4, -0.2) is 56.8 Å². The van der Waals surface area contributed by atoms with Crippen LogP contribution in [0.4, 0.5) is 5.95 Å². The van der Waals surface area contributed by atoms with Crippen molar-refractivity contribution in [1.82, 2.24) is 14.5 Å². The number of nitrogen functional groups attached to an aromatic ring is 1. The number of nitriles is 1. The molecule has 5 N–H and O–H groups in total. The monoisotopic (exact) mass is 321 g/mol. The summed E-state index contributed by atoms with van der Waals surface area (Å²) in [5.41, 5.74) is 5.25. The minimum Gasteiger partial charge on any atom is -0.394 e. The zero-order valence-electron chi connectivity index (χ0n) is 12.1. The fraction of sp³-hybridized carbons (Fsp3) is 0.462. The molecule has 1 aliphatic rings. The maximum atomic E-state index is 12.0. The molecule has 0 radical (unpaired) electrons. The molecular formula is C13H15N5O5. The molecule has 0 saturated carbocycles. The number of aromatic amines is 1. The first kappa shape index (κ1) is 15.4. The van der Waals surface area contributed by atoms with Gasteiger partial charge in [-0.25, -0.2) is 0 Å². The number of aliphatic hydroxyl groups is 2. The molecule has 1 fully saturated rings. The summed E-state index contributed by atoms with van der Waals surface area (Å²) in [6.45, 7) is -0.405. The van der Waals surface area contributed by atoms with Crippen LogP contribution in [0.1, 0.15) is 11.8 Å². The minimum absolute atomic E-state index is 0.0714. The molecule has 1 unspecified atom stereocenters. The molecule has 0 spiro atoms. The average molecular weight is 321 g/mol. The summed E-state index contributed by atoms with van der Waals surface area (Å²) in [4.78, 5) is 18.4. The van der Waals surface area contributed by atoms with Crippen LogP contribution < -0.4 is 11.3 Å². The Hall–Kier alpha value is -2.45. The number of ether oxygens (including phenoxy) is 2. The van der Waals surface area contributed by atoms with Crippen LogP contribution in [0.2, 0.25) is 0 Å². The van der Waals surface area contributed by atoms with Crippen LogP contribution in [0.5, 0.6) is 0 Å². The lowest BCUT2D eigenvalue weighted by atomic mass is 10.1. The van der Waals surface area contributed by atoms with E-state index < -0.39 is 36.7 Å². The van der Waals surface area contributed by atoms with Gasteiger partial charge in [0.2, 0.25) is 5.95 Å². The van der Waals surface area contributed by atoms with E-state index in [9.17, 15) is 20.3 Å². The van der Waals surface area contributed by atoms with E-state index in [1.54, 1.807) is 0 Å². The number of nitrogens with zero attached hydrogens (tertiary/aromatic N) is 3. The van der Waals surface area contributed by atoms with Crippen molar-refractivity contribution >= 4 is 17.0 Å². The third-order valence-electron chi connectivity index (χ3n) is 3.86. The normalized spacial score (nSPS) is 27.4. The second-order valence-corrected chi connectivity index (χ2v) is 5.15. The van der Waals surface area contributed by atoms with Gasteiger partial charge in [0.1, 0.15) is 29.8 Å². The van der Waals surface area contributed by atoms with E-state index in [0.29, 0.717) is 0 Å². The summed E-state index contributed by atoms with van der Waals surface area (Å²) in [5, 5.41) is 28.7. The van der Waals surface area contributed by atoms with Crippen molar-refractivity contribution in [2.45, 2.75) is 24.5 Å². The van der Waals surface area contributed by atoms with Crippen molar-refractivity contribution in [2.24, 2.45) is 0 Å². The van der Waals surface area contributed by atoms with Crippen molar-refractivity contribution in [3.63, 3.8) is 0 Å². The van der Waals surface area contributed by atoms with E-state index in [2.05, 4.69) is 9.97 Å². The van der Waals surface area contributed by atoms with E-state index in [4.69, 9.17) is 15.2 Å². The molecule has 3 rings (SSSR count). The van der Waals surface area contributed by atoms with Gasteiger partial charge < -0.3 is 30.0 Å². The molecule has 2 aromatic heterocycles. The van der Waals surface area contributed by atoms with E-state index in [0.717, 1.165) is 0 Å². The zero-order chi connectivity index (χ0) is 16.7. The smallest absolute Gasteiger partial charge is 0.263 e. The molecular weight excluding hydrogens is 306 g/mol. The van der Waals surface area contributed by atoms with Crippen molar-refractivity contribution in [3.8, 4) is 6.07 Å². The fourth-order valence-corrected chi connectivity index (χ4v) is 2.80. The Morgan fingerprint density at radius 2 is 2.39 bits per heavy atom. The third-order valence-corrected chi connectivity index (χ3v) is 3.86. The Labute approximate surface area is 129 Å². The van der Waals surface area contributed by atoms with Gasteiger partial charge >= 0.3 is 0 Å². The minimum atomic E-state index is -1.07. The van der Waals surface area contributed by atoms with E-state index in [1.165, 1.54) is 17.9 Å². The largest absolute Gasteiger partial charge is 0.394 e. The molecule has 10 heteroatoms. The van der Waals surface area contributed by atoms with Gasteiger partial charge in [-0.2, -0.15) is 10.2 Å². The summed E-state index contributed by atoms with van der Waals surface area (Å²) in [7, 11) is 1.38. The topological polar surface area (TPSA) is 159 Å². The predicted molar refractivity (Wildman–Crippen MR) is 77.3 cm³/mol. The highest BCUT2D eigenvalue weighted by molar-refractivity contribution is 5.83. The van der Waals surface area contributed by atoms with Gasteiger partial charge in [-0.1, -0.05) is 0 Å². The summed E-state index contributed by atoms with van der Waals surface area (Å²) in [6, 6.07) is 1.91. The Morgan fingerprint density at radius 1 is 1.65 bits per heavy atom. The first-order valence-electron chi connectivity index (χ1n) is 6.79. The first-order chi connectivity index (χ1) is 11.0. The number of methoxy groups -OCH3 is 1. The molecule has 2 aromatic rings. The lowest BCUT2D eigenvalue weighted by Gasteiger charge is -2.20. The number of aliphatic hydroxyl groups excluding tert-OH is 2. The Morgan fingerprint density at radius 3 is 3.00 bits per heavy atom. The number of hydrogen-bond donors (Lipinski definition) is 4. The average Bonchev–Trinajstić information content (AvgIpc) is 3.04. The van der Waals surface area contributed by atoms with Crippen LogP contribution in [-0.2, 0) is 9.47 Å². The quantitative estimate of drug-likeness (QED) is 0.528. The van der Waals surface area contributed by atoms with Crippen molar-refractivity contribution in [2.75, 3.05) is 19.5 Å². The van der Waals surface area contributed by atoms with E-state index >= 15 is 0 Å². The number of anilines is 1. The second-order valence-electron chi connectivity index (χ2n) is 5.15. The van der Waals surface area contributed by atoms with Crippen molar-refractivity contribution in [1.29, 1.82) is 5.26 Å². The van der Waals surface area contributed by atoms with Crippen molar-refractivity contribution in [3.05, 3.63) is 22.1 Å². The van der Waals surface area contributed by atoms with Gasteiger partial charge in [0, 0.05) is 13.3 Å². The molecule has 0 amide bonds. The van der Waals surface area contributed by atoms with Crippen LogP contribution in [0.3, 0.4) is 0 Å². The molecule has 0 aromatic carbocycles. The Balaban J connectivity index is 2.21. The first-order valence-corrected chi connectivity index (χ1v) is 6.79. The Kier molecular flexibility index (Phi) is 3.78. The maximum Gasteiger partial charge on any atom is 0.263 e. The van der Waals surface area contributed by atoms with Gasteiger partial charge in [0.05, 0.1) is 12.2 Å². The fourth-order valence-electron chi connectivity index (χ4n) is 2.80. The summed E-state index contributed by atoms with van der Waals surface area (Å²) < 4.78 is 12.2. The number of nitrogens with two attached hydrogens (primary N) is 1. The Bertz CT molecular complexity index is 838. The summed E-state index contributed by atoms with van der Waals surface area (Å²) in [6.07, 6.45) is -2.22. The number of hydrogen-bond acceptors (Lipinski definition) is 8. The van der Waals surface area contributed by atoms with E-state index in [1.807, 2.05) is 6.07 Å². The van der Waals surface area contributed by atoms with Crippen LogP contribution in [0.25, 0.3) is 11.0 Å². The van der Waals surface area contributed by atoms with Crippen LogP contribution in [0, 0.1) is 11.3 Å². The van der Waals surface area contributed by atoms with Gasteiger partial charge in [-0.15, -0.1) is 0 Å². The highest BCUT2D eigenvalue weighted by atomic mass is 16.6. The lowest BCUT2D eigenvalue weighted by molar-refractivity contribution is -0.0580. The molecule has 3 heterocycles. The van der Waals surface area contributed by atoms with Gasteiger partial charge in [-0.05, 0) is 0 Å². The maximum absolute atomic E-state index is 12.0. The zero-order valence-corrected chi connectivity index (χ0v) is 12.1. The van der Waals surface area contributed by atoms with E-state index in [-0.39, 0.29) is 22.5 Å². The second kappa shape index (κ2) is 5.64.